The van der Waals surface area contributed by atoms with E-state index in [0.29, 0.717) is 27.7 Å². The number of carboxylic acids is 1. The third kappa shape index (κ3) is 5.67. The molecule has 10 nitrogen and oxygen atoms in total. The predicted molar refractivity (Wildman–Crippen MR) is 156 cm³/mol. The number of ether oxygens (including phenoxy) is 1. The van der Waals surface area contributed by atoms with Crippen molar-refractivity contribution in [2.75, 3.05) is 32.8 Å². The van der Waals surface area contributed by atoms with E-state index in [1.807, 2.05) is 4.90 Å². The number of thiazole rings is 1. The van der Waals surface area contributed by atoms with Gasteiger partial charge < -0.3 is 20.1 Å². The van der Waals surface area contributed by atoms with Crippen LogP contribution in [0.4, 0.5) is 8.78 Å². The minimum absolute atomic E-state index is 0.0306. The zero-order chi connectivity index (χ0) is 31.1. The largest absolute Gasteiger partial charge is 0.481 e. The van der Waals surface area contributed by atoms with Crippen LogP contribution >= 0.6 is 11.3 Å². The molecule has 3 aliphatic heterocycles. The number of hydrogen-bond donors (Lipinski definition) is 2. The highest BCUT2D eigenvalue weighted by Crippen LogP contribution is 2.42. The summed E-state index contributed by atoms with van der Waals surface area (Å²) in [6.45, 7) is 7.09. The summed E-state index contributed by atoms with van der Waals surface area (Å²) in [6, 6.07) is 2.89. The molecule has 2 N–H and O–H groups in total. The summed E-state index contributed by atoms with van der Waals surface area (Å²) in [6.07, 6.45) is 1.77. The summed E-state index contributed by atoms with van der Waals surface area (Å²) in [5.41, 5.74) is -1.78. The quantitative estimate of drug-likeness (QED) is 0.389. The molecule has 0 bridgehead atoms. The zero-order valence-corrected chi connectivity index (χ0v) is 25.3. The van der Waals surface area contributed by atoms with Crippen LogP contribution < -0.4 is 5.32 Å². The Morgan fingerprint density at radius 2 is 2.09 bits per heavy atom. The van der Waals surface area contributed by atoms with Gasteiger partial charge in [-0.05, 0) is 51.3 Å². The number of aliphatic carboxylic acids is 1. The van der Waals surface area contributed by atoms with Crippen LogP contribution in [-0.2, 0) is 19.1 Å². The maximum absolute atomic E-state index is 16.3. The Kier molecular flexibility index (Phi) is 8.41. The third-order valence-corrected chi connectivity index (χ3v) is 9.36. The first-order valence-electron chi connectivity index (χ1n) is 14.2. The fraction of sp³-hybridized carbons (Fsp3) is 0.500. The van der Waals surface area contributed by atoms with Gasteiger partial charge >= 0.3 is 11.9 Å². The van der Waals surface area contributed by atoms with Gasteiger partial charge in [0.2, 0.25) is 5.67 Å². The Labute approximate surface area is 252 Å². The molecule has 2 fully saturated rings. The van der Waals surface area contributed by atoms with Crippen molar-refractivity contribution in [1.82, 2.24) is 20.1 Å². The second-order valence-electron chi connectivity index (χ2n) is 11.7. The molecule has 0 spiro atoms. The van der Waals surface area contributed by atoms with Crippen molar-refractivity contribution in [3.63, 3.8) is 0 Å². The second kappa shape index (κ2) is 11.8. The van der Waals surface area contributed by atoms with Crippen molar-refractivity contribution in [2.45, 2.75) is 58.3 Å². The second-order valence-corrected chi connectivity index (χ2v) is 12.6. The minimum atomic E-state index is -2.13. The van der Waals surface area contributed by atoms with Crippen LogP contribution in [0.2, 0.25) is 0 Å². The van der Waals surface area contributed by atoms with E-state index in [-0.39, 0.29) is 51.2 Å². The van der Waals surface area contributed by atoms with Crippen LogP contribution in [0.1, 0.15) is 55.8 Å². The van der Waals surface area contributed by atoms with Gasteiger partial charge in [-0.15, -0.1) is 11.3 Å². The van der Waals surface area contributed by atoms with Crippen LogP contribution in [0, 0.1) is 18.2 Å². The van der Waals surface area contributed by atoms with Gasteiger partial charge in [0.15, 0.2) is 10.8 Å². The average molecular weight is 616 g/mol. The molecule has 3 atom stereocenters. The van der Waals surface area contributed by atoms with Gasteiger partial charge in [-0.2, -0.15) is 0 Å². The van der Waals surface area contributed by atoms with Gasteiger partial charge in [0.25, 0.3) is 5.91 Å². The highest BCUT2D eigenvalue weighted by atomic mass is 32.1. The number of carbonyl (C=O) groups excluding carboxylic acids is 2. The Bertz CT molecular complexity index is 1490. The fourth-order valence-corrected chi connectivity index (χ4v) is 6.44. The number of hydrogen-bond acceptors (Lipinski definition) is 9. The van der Waals surface area contributed by atoms with Crippen molar-refractivity contribution in [3.05, 3.63) is 63.0 Å². The summed E-state index contributed by atoms with van der Waals surface area (Å²) in [5.74, 6) is -2.32. The minimum Gasteiger partial charge on any atom is -0.481 e. The molecule has 3 aliphatic rings. The lowest BCUT2D eigenvalue weighted by Gasteiger charge is -2.32. The van der Waals surface area contributed by atoms with E-state index in [2.05, 4.69) is 10.3 Å². The molecule has 43 heavy (non-hydrogen) atoms. The molecule has 1 aromatic carbocycles. The summed E-state index contributed by atoms with van der Waals surface area (Å²) in [5, 5.41) is 15.1. The van der Waals surface area contributed by atoms with E-state index in [1.165, 1.54) is 22.3 Å². The molecule has 1 aromatic heterocycles. The number of carboxylic acid groups (broad SMARTS) is 1. The lowest BCUT2D eigenvalue weighted by molar-refractivity contribution is -0.148. The van der Waals surface area contributed by atoms with E-state index in [4.69, 9.17) is 9.73 Å². The summed E-state index contributed by atoms with van der Waals surface area (Å²) >= 11 is 1.34. The van der Waals surface area contributed by atoms with Gasteiger partial charge in [-0.25, -0.2) is 18.6 Å². The van der Waals surface area contributed by atoms with Gasteiger partial charge in [0.05, 0.1) is 23.6 Å². The first kappa shape index (κ1) is 30.7. The number of nitrogens with zero attached hydrogens (tertiary/aromatic N) is 4. The number of halogens is 2. The standard InChI is InChI=1S/C30H35F2N5O5S/c1-5-42-26(38)22-20(34-24(25-33-11-14-43-25)35-23(22)18-7-6-8-19(31)17(18)2)15-36-13-10-30(32)21(36)16-37(27(30)39)12-9-29(3,4)28(40)41/h6-8,11,14,21,23H,5,9-10,12-13,15-16H2,1-4H3,(H,34,35)(H,40,41)/t21?,23-,30?/m0/s1. The number of aliphatic imine (C=N–C) groups is 1. The van der Waals surface area contributed by atoms with Crippen LogP contribution in [0.3, 0.4) is 0 Å². The Morgan fingerprint density at radius 1 is 1.33 bits per heavy atom. The van der Waals surface area contributed by atoms with Gasteiger partial charge in [0.1, 0.15) is 11.9 Å². The number of rotatable bonds is 10. The van der Waals surface area contributed by atoms with Crippen molar-refractivity contribution < 1.29 is 33.0 Å². The number of amidine groups is 1. The number of alkyl halides is 1. The molecule has 1 amide bonds. The number of esters is 1. The normalized spacial score (nSPS) is 24.2. The van der Waals surface area contributed by atoms with Gasteiger partial charge in [-0.3, -0.25) is 19.5 Å². The van der Waals surface area contributed by atoms with E-state index in [1.54, 1.807) is 51.4 Å². The lowest BCUT2D eigenvalue weighted by Crippen LogP contribution is -2.45. The highest BCUT2D eigenvalue weighted by Gasteiger charge is 2.60. The fourth-order valence-electron chi connectivity index (χ4n) is 5.85. The third-order valence-electron chi connectivity index (χ3n) is 8.58. The first-order valence-corrected chi connectivity index (χ1v) is 15.1. The number of fused-ring (bicyclic) bond motifs is 1. The van der Waals surface area contributed by atoms with Crippen molar-refractivity contribution in [1.29, 1.82) is 0 Å². The molecular formula is C30H35F2N5O5S. The molecule has 0 aliphatic carbocycles. The molecule has 2 unspecified atom stereocenters. The van der Waals surface area contributed by atoms with Crippen LogP contribution in [0.5, 0.6) is 0 Å². The SMILES string of the molecule is CCOC(=O)C1=C(CN2CCC3(F)C(=O)N(CCC(C)(C)C(=O)O)CC23)NC(c2nccs2)=N[C@H]1c1cccc(F)c1C. The van der Waals surface area contributed by atoms with Crippen LogP contribution in [-0.4, -0.2) is 88.1 Å². The number of carbonyl (C=O) groups is 3. The number of likely N-dealkylation sites (tertiary alicyclic amines) is 2. The molecule has 5 rings (SSSR count). The molecule has 2 aromatic rings. The number of amides is 1. The molecule has 13 heteroatoms. The first-order chi connectivity index (χ1) is 20.4. The molecule has 4 heterocycles. The number of nitrogens with one attached hydrogen (secondary N) is 1. The Balaban J connectivity index is 1.50. The highest BCUT2D eigenvalue weighted by molar-refractivity contribution is 7.11. The predicted octanol–water partition coefficient (Wildman–Crippen LogP) is 3.62. The molecule has 230 valence electrons. The smallest absolute Gasteiger partial charge is 0.338 e. The lowest BCUT2D eigenvalue weighted by atomic mass is 9.89. The molecule has 0 radical (unpaired) electrons. The summed E-state index contributed by atoms with van der Waals surface area (Å²) < 4.78 is 36.4. The molecular weight excluding hydrogens is 580 g/mol. The van der Waals surface area contributed by atoms with Gasteiger partial charge in [-0.1, -0.05) is 12.1 Å². The van der Waals surface area contributed by atoms with Crippen LogP contribution in [0.25, 0.3) is 0 Å². The van der Waals surface area contributed by atoms with E-state index < -0.39 is 46.8 Å². The topological polar surface area (TPSA) is 124 Å². The van der Waals surface area contributed by atoms with E-state index in [9.17, 15) is 23.9 Å². The number of benzene rings is 1. The monoisotopic (exact) mass is 615 g/mol. The van der Waals surface area contributed by atoms with E-state index in [0.717, 1.165) is 0 Å². The average Bonchev–Trinajstić information content (AvgIpc) is 3.66. The van der Waals surface area contributed by atoms with Crippen LogP contribution in [0.15, 0.2) is 46.0 Å². The van der Waals surface area contributed by atoms with Crippen molar-refractivity contribution in [3.8, 4) is 0 Å². The van der Waals surface area contributed by atoms with Gasteiger partial charge in [0, 0.05) is 49.9 Å². The summed E-state index contributed by atoms with van der Waals surface area (Å²) in [7, 11) is 0. The zero-order valence-electron chi connectivity index (χ0n) is 24.5. The van der Waals surface area contributed by atoms with E-state index >= 15 is 4.39 Å². The Morgan fingerprint density at radius 3 is 2.77 bits per heavy atom. The molecule has 0 saturated carbocycles. The number of aromatic nitrogens is 1. The van der Waals surface area contributed by atoms with Crippen molar-refractivity contribution in [2.24, 2.45) is 10.4 Å². The van der Waals surface area contributed by atoms with Crippen molar-refractivity contribution >= 4 is 35.0 Å². The maximum Gasteiger partial charge on any atom is 0.338 e. The molecule has 2 saturated heterocycles. The Hall–Kier alpha value is -3.71. The maximum atomic E-state index is 16.3. The summed E-state index contributed by atoms with van der Waals surface area (Å²) in [4.78, 5) is 50.7.